The topological polar surface area (TPSA) is 61.2 Å². The first-order valence-corrected chi connectivity index (χ1v) is 9.46. The lowest BCUT2D eigenvalue weighted by Crippen LogP contribution is -2.23. The van der Waals surface area contributed by atoms with E-state index in [-0.39, 0.29) is 29.6 Å². The molecule has 0 aliphatic heterocycles. The summed E-state index contributed by atoms with van der Waals surface area (Å²) in [6.07, 6.45) is 0. The average Bonchev–Trinajstić information content (AvgIpc) is 3.06. The molecular weight excluding hydrogens is 363 g/mol. The molecule has 0 bridgehead atoms. The third kappa shape index (κ3) is 4.08. The number of rotatable bonds is 6. The molecule has 0 N–H and O–H groups in total. The third-order valence-electron chi connectivity index (χ3n) is 3.41. The van der Waals surface area contributed by atoms with Crippen LogP contribution in [0.25, 0.3) is 10.2 Å². The van der Waals surface area contributed by atoms with Crippen LogP contribution in [0.3, 0.4) is 0 Å². The zero-order valence-corrected chi connectivity index (χ0v) is 15.0. The number of thiophene rings is 1. The molecule has 130 valence electrons. The van der Waals surface area contributed by atoms with Crippen molar-refractivity contribution >= 4 is 39.3 Å². The summed E-state index contributed by atoms with van der Waals surface area (Å²) in [6.45, 7) is 2.30. The summed E-state index contributed by atoms with van der Waals surface area (Å²) in [6, 6.07) is 7.73. The van der Waals surface area contributed by atoms with Crippen molar-refractivity contribution in [2.45, 2.75) is 18.6 Å². The quantitative estimate of drug-likeness (QED) is 0.374. The fourth-order valence-corrected chi connectivity index (χ4v) is 3.85. The number of benzene rings is 1. The van der Waals surface area contributed by atoms with Gasteiger partial charge in [0, 0.05) is 0 Å². The Morgan fingerprint density at radius 3 is 2.80 bits per heavy atom. The Morgan fingerprint density at radius 2 is 2.08 bits per heavy atom. The van der Waals surface area contributed by atoms with E-state index < -0.39 is 0 Å². The van der Waals surface area contributed by atoms with E-state index in [0.717, 1.165) is 17.3 Å². The summed E-state index contributed by atoms with van der Waals surface area (Å²) in [5, 5.41) is 2.24. The van der Waals surface area contributed by atoms with E-state index in [1.54, 1.807) is 30.5 Å². The zero-order valence-electron chi connectivity index (χ0n) is 13.4. The van der Waals surface area contributed by atoms with Gasteiger partial charge in [-0.1, -0.05) is 23.9 Å². The number of esters is 1. The molecule has 0 aliphatic rings. The minimum atomic E-state index is -0.361. The van der Waals surface area contributed by atoms with Crippen molar-refractivity contribution in [2.24, 2.45) is 0 Å². The van der Waals surface area contributed by atoms with Crippen LogP contribution >= 0.6 is 23.1 Å². The second-order valence-electron chi connectivity index (χ2n) is 5.14. The molecule has 5 nitrogen and oxygen atoms in total. The van der Waals surface area contributed by atoms with Gasteiger partial charge in [-0.3, -0.25) is 14.2 Å². The van der Waals surface area contributed by atoms with E-state index in [4.69, 9.17) is 4.74 Å². The Morgan fingerprint density at radius 1 is 1.32 bits per heavy atom. The summed E-state index contributed by atoms with van der Waals surface area (Å²) in [7, 11) is 0. The van der Waals surface area contributed by atoms with Gasteiger partial charge in [0.25, 0.3) is 5.56 Å². The lowest BCUT2D eigenvalue weighted by molar-refractivity contribution is -0.139. The van der Waals surface area contributed by atoms with Gasteiger partial charge in [-0.05, 0) is 36.1 Å². The molecule has 0 saturated carbocycles. The number of nitrogens with zero attached hydrogens (tertiary/aromatic N) is 2. The van der Waals surface area contributed by atoms with E-state index in [9.17, 15) is 14.0 Å². The van der Waals surface area contributed by atoms with Crippen LogP contribution in [0.5, 0.6) is 0 Å². The van der Waals surface area contributed by atoms with Crippen LogP contribution in [0.4, 0.5) is 4.39 Å². The Hall–Kier alpha value is -2.19. The molecule has 0 unspecified atom stereocenters. The molecule has 3 rings (SSSR count). The maximum atomic E-state index is 13.1. The molecule has 0 spiro atoms. The molecule has 0 saturated heterocycles. The number of carbonyl (C=O) groups excluding carboxylic acids is 1. The number of halogens is 1. The highest BCUT2D eigenvalue weighted by Crippen LogP contribution is 2.22. The number of aromatic nitrogens is 2. The Bertz CT molecular complexity index is 951. The Kier molecular flexibility index (Phi) is 5.50. The number of carbonyl (C=O) groups is 1. The van der Waals surface area contributed by atoms with Crippen molar-refractivity contribution in [3.63, 3.8) is 0 Å². The molecule has 8 heteroatoms. The van der Waals surface area contributed by atoms with Gasteiger partial charge in [0.15, 0.2) is 5.16 Å². The second kappa shape index (κ2) is 7.79. The van der Waals surface area contributed by atoms with Crippen molar-refractivity contribution in [1.29, 1.82) is 0 Å². The van der Waals surface area contributed by atoms with Crippen molar-refractivity contribution in [3.05, 3.63) is 57.4 Å². The van der Waals surface area contributed by atoms with E-state index in [0.29, 0.717) is 22.0 Å². The molecule has 0 fully saturated rings. The van der Waals surface area contributed by atoms with Gasteiger partial charge < -0.3 is 4.74 Å². The first-order chi connectivity index (χ1) is 12.1. The first-order valence-electron chi connectivity index (χ1n) is 7.59. The van der Waals surface area contributed by atoms with Crippen LogP contribution in [-0.4, -0.2) is 27.9 Å². The van der Waals surface area contributed by atoms with Gasteiger partial charge in [0.05, 0.1) is 24.4 Å². The fourth-order valence-electron chi connectivity index (χ4n) is 2.27. The second-order valence-corrected chi connectivity index (χ2v) is 7.00. The van der Waals surface area contributed by atoms with E-state index in [2.05, 4.69) is 4.98 Å². The minimum Gasteiger partial charge on any atom is -0.465 e. The smallest absolute Gasteiger partial charge is 0.316 e. The standard InChI is InChI=1S/C17H15FN2O3S2/c1-2-23-14(21)10-25-17-19-13-7-8-24-15(13)16(22)20(17)9-11-3-5-12(18)6-4-11/h3-8H,2,9-10H2,1H3. The van der Waals surface area contributed by atoms with Crippen molar-refractivity contribution < 1.29 is 13.9 Å². The highest BCUT2D eigenvalue weighted by Gasteiger charge is 2.15. The largest absolute Gasteiger partial charge is 0.465 e. The predicted octanol–water partition coefficient (Wildman–Crippen LogP) is 3.30. The molecule has 2 aromatic heterocycles. The molecule has 0 atom stereocenters. The fraction of sp³-hybridized carbons (Fsp3) is 0.235. The highest BCUT2D eigenvalue weighted by molar-refractivity contribution is 7.99. The summed E-state index contributed by atoms with van der Waals surface area (Å²) in [5.41, 5.74) is 1.21. The minimum absolute atomic E-state index is 0.0688. The van der Waals surface area contributed by atoms with Gasteiger partial charge in [0.2, 0.25) is 0 Å². The van der Waals surface area contributed by atoms with Crippen molar-refractivity contribution in [3.8, 4) is 0 Å². The molecule has 2 heterocycles. The summed E-state index contributed by atoms with van der Waals surface area (Å²) >= 11 is 2.48. The van der Waals surface area contributed by atoms with Crippen LogP contribution in [0.2, 0.25) is 0 Å². The maximum Gasteiger partial charge on any atom is 0.316 e. The molecule has 1 aromatic carbocycles. The van der Waals surface area contributed by atoms with Gasteiger partial charge in [-0.2, -0.15) is 0 Å². The molecule has 25 heavy (non-hydrogen) atoms. The number of ether oxygens (including phenoxy) is 1. The Labute approximate surface area is 151 Å². The van der Waals surface area contributed by atoms with Gasteiger partial charge in [-0.15, -0.1) is 11.3 Å². The van der Waals surface area contributed by atoms with Crippen LogP contribution < -0.4 is 5.56 Å². The predicted molar refractivity (Wildman–Crippen MR) is 96.7 cm³/mol. The number of hydrogen-bond acceptors (Lipinski definition) is 6. The van der Waals surface area contributed by atoms with Crippen molar-refractivity contribution in [1.82, 2.24) is 9.55 Å². The first kappa shape index (κ1) is 17.6. The summed E-state index contributed by atoms with van der Waals surface area (Å²) in [5.74, 6) is -0.625. The highest BCUT2D eigenvalue weighted by atomic mass is 32.2. The van der Waals surface area contributed by atoms with Crippen LogP contribution in [0.1, 0.15) is 12.5 Å². The molecule has 0 aliphatic carbocycles. The van der Waals surface area contributed by atoms with Crippen LogP contribution in [0.15, 0.2) is 45.7 Å². The third-order valence-corrected chi connectivity index (χ3v) is 5.25. The van der Waals surface area contributed by atoms with E-state index >= 15 is 0 Å². The lowest BCUT2D eigenvalue weighted by atomic mass is 10.2. The maximum absolute atomic E-state index is 13.1. The molecule has 0 radical (unpaired) electrons. The summed E-state index contributed by atoms with van der Waals surface area (Å²) < 4.78 is 20.1. The average molecular weight is 378 g/mol. The zero-order chi connectivity index (χ0) is 17.8. The SMILES string of the molecule is CCOC(=O)CSc1nc2ccsc2c(=O)n1Cc1ccc(F)cc1. The monoisotopic (exact) mass is 378 g/mol. The normalized spacial score (nSPS) is 11.0. The van der Waals surface area contributed by atoms with Crippen molar-refractivity contribution in [2.75, 3.05) is 12.4 Å². The van der Waals surface area contributed by atoms with E-state index in [1.807, 2.05) is 0 Å². The number of thioether (sulfide) groups is 1. The van der Waals surface area contributed by atoms with E-state index in [1.165, 1.54) is 28.0 Å². The van der Waals surface area contributed by atoms with Crippen LogP contribution in [-0.2, 0) is 16.1 Å². The summed E-state index contributed by atoms with van der Waals surface area (Å²) in [4.78, 5) is 28.9. The van der Waals surface area contributed by atoms with Gasteiger partial charge >= 0.3 is 5.97 Å². The van der Waals surface area contributed by atoms with Gasteiger partial charge in [0.1, 0.15) is 10.5 Å². The molecule has 3 aromatic rings. The van der Waals surface area contributed by atoms with Gasteiger partial charge in [-0.25, -0.2) is 9.37 Å². The number of hydrogen-bond donors (Lipinski definition) is 0. The lowest BCUT2D eigenvalue weighted by Gasteiger charge is -2.12. The molecule has 0 amide bonds. The number of fused-ring (bicyclic) bond motifs is 1. The Balaban J connectivity index is 1.96. The molecular formula is C17H15FN2O3S2. The van der Waals surface area contributed by atoms with Crippen LogP contribution in [0, 0.1) is 5.82 Å².